The van der Waals surface area contributed by atoms with Gasteiger partial charge < -0.3 is 20.3 Å². The van der Waals surface area contributed by atoms with Gasteiger partial charge in [0, 0.05) is 55.4 Å². The first kappa shape index (κ1) is 24.2. The van der Waals surface area contributed by atoms with Crippen molar-refractivity contribution in [2.45, 2.75) is 49.5 Å². The van der Waals surface area contributed by atoms with Gasteiger partial charge in [0.2, 0.25) is 16.0 Å². The second kappa shape index (κ2) is 10.1. The third kappa shape index (κ3) is 5.40. The summed E-state index contributed by atoms with van der Waals surface area (Å²) in [6.45, 7) is 2.02. The fourth-order valence-corrected chi connectivity index (χ4v) is 6.65. The van der Waals surface area contributed by atoms with Crippen molar-refractivity contribution in [2.24, 2.45) is 7.05 Å². The number of carboxylic acid groups (broad SMARTS) is 1. The molecule has 0 spiro atoms. The van der Waals surface area contributed by atoms with Crippen molar-refractivity contribution >= 4 is 39.1 Å². The number of sulfonamides is 1. The largest absolute Gasteiger partial charge is 0.465 e. The van der Waals surface area contributed by atoms with E-state index in [9.17, 15) is 13.2 Å². The lowest BCUT2D eigenvalue weighted by Gasteiger charge is -2.27. The summed E-state index contributed by atoms with van der Waals surface area (Å²) in [6.07, 6.45) is 7.41. The molecule has 182 valence electrons. The van der Waals surface area contributed by atoms with Crippen molar-refractivity contribution in [2.75, 3.05) is 11.9 Å². The highest BCUT2D eigenvalue weighted by Gasteiger charge is 2.27. The lowest BCUT2D eigenvalue weighted by Crippen LogP contribution is -2.36. The van der Waals surface area contributed by atoms with Gasteiger partial charge in [-0.2, -0.15) is 0 Å². The monoisotopic (exact) mass is 504 g/mol. The molecule has 2 aromatic heterocycles. The van der Waals surface area contributed by atoms with Gasteiger partial charge in [-0.1, -0.05) is 13.0 Å². The Morgan fingerprint density at radius 3 is 2.65 bits per heavy atom. The zero-order valence-corrected chi connectivity index (χ0v) is 20.6. The van der Waals surface area contributed by atoms with Crippen molar-refractivity contribution in [3.63, 3.8) is 0 Å². The molecule has 0 atom stereocenters. The predicted molar refractivity (Wildman–Crippen MR) is 131 cm³/mol. The molecule has 12 heteroatoms. The molecule has 10 nitrogen and oxygen atoms in total. The molecule has 1 amide bonds. The molecule has 0 radical (unpaired) electrons. The van der Waals surface area contributed by atoms with Crippen molar-refractivity contribution < 1.29 is 18.3 Å². The van der Waals surface area contributed by atoms with Gasteiger partial charge in [-0.15, -0.1) is 11.3 Å². The SMILES string of the molecule is CCNS(=O)(=O)c1cc(Nc2nccn2C)ccc1-c1cnc([C@H]2CC[C@H](NC(=O)O)CC2)s1. The maximum atomic E-state index is 13.1. The van der Waals surface area contributed by atoms with Crippen LogP contribution in [0, 0.1) is 0 Å². The molecule has 4 rings (SSSR count). The Bertz CT molecular complexity index is 1260. The molecule has 0 saturated heterocycles. The first-order chi connectivity index (χ1) is 16.3. The van der Waals surface area contributed by atoms with Crippen LogP contribution in [0.4, 0.5) is 16.4 Å². The van der Waals surface area contributed by atoms with Gasteiger partial charge in [0.15, 0.2) is 0 Å². The Kier molecular flexibility index (Phi) is 7.19. The quantitative estimate of drug-likeness (QED) is 0.365. The van der Waals surface area contributed by atoms with Crippen LogP contribution in [0.1, 0.15) is 43.5 Å². The van der Waals surface area contributed by atoms with E-state index in [-0.39, 0.29) is 23.4 Å². The molecule has 1 fully saturated rings. The Labute approximate surface area is 202 Å². The van der Waals surface area contributed by atoms with Gasteiger partial charge in [-0.05, 0) is 37.8 Å². The van der Waals surface area contributed by atoms with E-state index >= 15 is 0 Å². The maximum Gasteiger partial charge on any atom is 0.404 e. The predicted octanol–water partition coefficient (Wildman–Crippen LogP) is 3.88. The average molecular weight is 505 g/mol. The summed E-state index contributed by atoms with van der Waals surface area (Å²) >= 11 is 1.49. The van der Waals surface area contributed by atoms with Crippen molar-refractivity contribution in [3.05, 3.63) is 41.8 Å². The van der Waals surface area contributed by atoms with E-state index in [1.54, 1.807) is 37.6 Å². The topological polar surface area (TPSA) is 138 Å². The number of nitrogens with zero attached hydrogens (tertiary/aromatic N) is 3. The first-order valence-electron chi connectivity index (χ1n) is 11.1. The molecule has 0 bridgehead atoms. The summed E-state index contributed by atoms with van der Waals surface area (Å²) in [6, 6.07) is 5.21. The summed E-state index contributed by atoms with van der Waals surface area (Å²) in [5, 5.41) is 15.6. The second-order valence-corrected chi connectivity index (χ2v) is 11.1. The summed E-state index contributed by atoms with van der Waals surface area (Å²) in [7, 11) is -1.89. The summed E-state index contributed by atoms with van der Waals surface area (Å²) in [5.41, 5.74) is 1.21. The number of hydrogen-bond donors (Lipinski definition) is 4. The Hall–Kier alpha value is -2.96. The molecule has 1 saturated carbocycles. The number of nitrogens with one attached hydrogen (secondary N) is 3. The molecule has 2 heterocycles. The Morgan fingerprint density at radius 1 is 1.24 bits per heavy atom. The second-order valence-electron chi connectivity index (χ2n) is 8.26. The van der Waals surface area contributed by atoms with E-state index in [1.807, 2.05) is 17.7 Å². The number of aryl methyl sites for hydroxylation is 1. The smallest absolute Gasteiger partial charge is 0.404 e. The van der Waals surface area contributed by atoms with E-state index in [2.05, 4.69) is 25.3 Å². The third-order valence-electron chi connectivity index (χ3n) is 5.88. The molecule has 1 aromatic carbocycles. The molecule has 4 N–H and O–H groups in total. The van der Waals surface area contributed by atoms with Gasteiger partial charge in [0.1, 0.15) is 0 Å². The minimum Gasteiger partial charge on any atom is -0.465 e. The van der Waals surface area contributed by atoms with Crippen molar-refractivity contribution in [3.8, 4) is 10.4 Å². The van der Waals surface area contributed by atoms with E-state index < -0.39 is 16.1 Å². The van der Waals surface area contributed by atoms with E-state index in [1.165, 1.54) is 11.3 Å². The van der Waals surface area contributed by atoms with Crippen LogP contribution in [0.5, 0.6) is 0 Å². The zero-order chi connectivity index (χ0) is 24.3. The number of amides is 1. The number of rotatable bonds is 8. The highest BCUT2D eigenvalue weighted by Crippen LogP contribution is 2.40. The number of hydrogen-bond acceptors (Lipinski definition) is 7. The molecule has 3 aromatic rings. The van der Waals surface area contributed by atoms with Gasteiger partial charge in [-0.3, -0.25) is 0 Å². The number of imidazole rings is 1. The zero-order valence-electron chi connectivity index (χ0n) is 19.0. The number of aromatic nitrogens is 3. The minimum atomic E-state index is -3.74. The Balaban J connectivity index is 1.60. The molecule has 0 unspecified atom stereocenters. The van der Waals surface area contributed by atoms with E-state index in [4.69, 9.17) is 5.11 Å². The van der Waals surface area contributed by atoms with Crippen molar-refractivity contribution in [1.29, 1.82) is 0 Å². The lowest BCUT2D eigenvalue weighted by atomic mass is 9.86. The maximum absolute atomic E-state index is 13.1. The minimum absolute atomic E-state index is 0.0243. The molecule has 34 heavy (non-hydrogen) atoms. The Morgan fingerprint density at radius 2 is 2.00 bits per heavy atom. The first-order valence-corrected chi connectivity index (χ1v) is 13.4. The van der Waals surface area contributed by atoms with Gasteiger partial charge >= 0.3 is 6.09 Å². The summed E-state index contributed by atoms with van der Waals surface area (Å²) in [5.74, 6) is 0.844. The molecular formula is C22H28N6O4S2. The average Bonchev–Trinajstić information content (AvgIpc) is 3.43. The molecule has 1 aliphatic rings. The van der Waals surface area contributed by atoms with Crippen LogP contribution < -0.4 is 15.4 Å². The number of carbonyl (C=O) groups is 1. The molecule has 0 aliphatic heterocycles. The van der Waals surface area contributed by atoms with E-state index in [0.717, 1.165) is 35.6 Å². The number of thiazole rings is 1. The standard InChI is InChI=1S/C22H28N6O4S2/c1-3-25-34(31,32)19-12-16(26-21-23-10-11-28(21)2)8-9-17(19)18-13-24-20(33-18)14-4-6-15(7-5-14)27-22(29)30/h8-15,25,27H,3-7H2,1-2H3,(H,23,26)(H,29,30)/t14-,15-. The highest BCUT2D eigenvalue weighted by atomic mass is 32.2. The van der Waals surface area contributed by atoms with Gasteiger partial charge in [-0.25, -0.2) is 27.9 Å². The van der Waals surface area contributed by atoms with Crippen LogP contribution in [-0.2, 0) is 17.1 Å². The number of benzene rings is 1. The lowest BCUT2D eigenvalue weighted by molar-refractivity contribution is 0.185. The van der Waals surface area contributed by atoms with Crippen LogP contribution in [0.3, 0.4) is 0 Å². The van der Waals surface area contributed by atoms with Crippen LogP contribution in [-0.4, -0.2) is 46.7 Å². The molecule has 1 aliphatic carbocycles. The van der Waals surface area contributed by atoms with Gasteiger partial charge in [0.25, 0.3) is 0 Å². The fraction of sp³-hybridized carbons (Fsp3) is 0.409. The van der Waals surface area contributed by atoms with Crippen LogP contribution in [0.2, 0.25) is 0 Å². The number of anilines is 2. The van der Waals surface area contributed by atoms with Crippen LogP contribution >= 0.6 is 11.3 Å². The third-order valence-corrected chi connectivity index (χ3v) is 8.65. The summed E-state index contributed by atoms with van der Waals surface area (Å²) in [4.78, 5) is 20.7. The normalized spacial score (nSPS) is 18.5. The van der Waals surface area contributed by atoms with Crippen LogP contribution in [0.25, 0.3) is 10.4 Å². The van der Waals surface area contributed by atoms with Crippen molar-refractivity contribution in [1.82, 2.24) is 24.6 Å². The van der Waals surface area contributed by atoms with Crippen LogP contribution in [0.15, 0.2) is 41.7 Å². The summed E-state index contributed by atoms with van der Waals surface area (Å²) < 4.78 is 30.5. The van der Waals surface area contributed by atoms with E-state index in [0.29, 0.717) is 17.2 Å². The highest BCUT2D eigenvalue weighted by molar-refractivity contribution is 7.89. The fourth-order valence-electron chi connectivity index (χ4n) is 4.17. The van der Waals surface area contributed by atoms with Gasteiger partial charge in [0.05, 0.1) is 14.8 Å². The molecular weight excluding hydrogens is 476 g/mol.